The summed E-state index contributed by atoms with van der Waals surface area (Å²) in [6.45, 7) is 2.80. The molecular weight excluding hydrogens is 382 g/mol. The lowest BCUT2D eigenvalue weighted by atomic mass is 10.0. The van der Waals surface area contributed by atoms with E-state index in [1.54, 1.807) is 18.4 Å². The van der Waals surface area contributed by atoms with Crippen molar-refractivity contribution >= 4 is 11.3 Å². The molecule has 29 heavy (non-hydrogen) atoms. The summed E-state index contributed by atoms with van der Waals surface area (Å²) in [4.78, 5) is 3.25. The van der Waals surface area contributed by atoms with E-state index in [1.165, 1.54) is 16.7 Å². The first kappa shape index (κ1) is 19.5. The highest BCUT2D eigenvalue weighted by Gasteiger charge is 2.14. The second-order valence-corrected chi connectivity index (χ2v) is 7.69. The van der Waals surface area contributed by atoms with Crippen molar-refractivity contribution in [1.29, 1.82) is 0 Å². The molecule has 0 saturated carbocycles. The first-order valence-electron chi connectivity index (χ1n) is 9.54. The van der Waals surface area contributed by atoms with Crippen molar-refractivity contribution < 1.29 is 9.15 Å². The zero-order chi connectivity index (χ0) is 19.9. The summed E-state index contributed by atoms with van der Waals surface area (Å²) in [5.41, 5.74) is 3.68. The van der Waals surface area contributed by atoms with Crippen molar-refractivity contribution in [3.8, 4) is 21.9 Å². The van der Waals surface area contributed by atoms with Crippen molar-refractivity contribution in [2.24, 2.45) is 0 Å². The SMILES string of the molecule is COCCN(Cc1ccc(-c2ccccc2)cc1)Cc1nnc(-c2cccs2)o1. The number of thiophene rings is 1. The third-order valence-electron chi connectivity index (χ3n) is 4.64. The zero-order valence-electron chi connectivity index (χ0n) is 16.3. The van der Waals surface area contributed by atoms with Gasteiger partial charge in [0.1, 0.15) is 0 Å². The van der Waals surface area contributed by atoms with Crippen molar-refractivity contribution in [3.05, 3.63) is 83.6 Å². The van der Waals surface area contributed by atoms with E-state index in [1.807, 2.05) is 23.6 Å². The summed E-state index contributed by atoms with van der Waals surface area (Å²) in [6, 6.07) is 23.1. The van der Waals surface area contributed by atoms with Crippen LogP contribution in [0, 0.1) is 0 Å². The Balaban J connectivity index is 1.44. The Hall–Kier alpha value is -2.80. The minimum absolute atomic E-state index is 0.578. The molecule has 0 atom stereocenters. The summed E-state index contributed by atoms with van der Waals surface area (Å²) in [6.07, 6.45) is 0. The van der Waals surface area contributed by atoms with E-state index in [4.69, 9.17) is 9.15 Å². The lowest BCUT2D eigenvalue weighted by molar-refractivity contribution is 0.134. The second kappa shape index (κ2) is 9.60. The average molecular weight is 406 g/mol. The molecule has 4 aromatic rings. The van der Waals surface area contributed by atoms with Crippen LogP contribution in [0.25, 0.3) is 21.9 Å². The van der Waals surface area contributed by atoms with Gasteiger partial charge in [-0.15, -0.1) is 21.5 Å². The van der Waals surface area contributed by atoms with Gasteiger partial charge in [0.2, 0.25) is 5.89 Å². The minimum Gasteiger partial charge on any atom is -0.419 e. The molecule has 0 spiro atoms. The molecule has 6 heteroatoms. The minimum atomic E-state index is 0.578. The second-order valence-electron chi connectivity index (χ2n) is 6.74. The predicted octanol–water partition coefficient (Wildman–Crippen LogP) is 5.11. The van der Waals surface area contributed by atoms with E-state index in [0.717, 1.165) is 18.0 Å². The predicted molar refractivity (Wildman–Crippen MR) is 115 cm³/mol. The summed E-state index contributed by atoms with van der Waals surface area (Å²) >= 11 is 1.59. The molecule has 0 N–H and O–H groups in total. The van der Waals surface area contributed by atoms with E-state index in [2.05, 4.69) is 63.6 Å². The van der Waals surface area contributed by atoms with Gasteiger partial charge in [-0.1, -0.05) is 60.7 Å². The third-order valence-corrected chi connectivity index (χ3v) is 5.49. The molecule has 0 fully saturated rings. The highest BCUT2D eigenvalue weighted by atomic mass is 32.1. The Morgan fingerprint density at radius 1 is 0.897 bits per heavy atom. The Bertz CT molecular complexity index is 998. The molecule has 2 aromatic heterocycles. The summed E-state index contributed by atoms with van der Waals surface area (Å²) in [5.74, 6) is 1.19. The average Bonchev–Trinajstić information content (AvgIpc) is 3.45. The highest BCUT2D eigenvalue weighted by Crippen LogP contribution is 2.24. The smallest absolute Gasteiger partial charge is 0.257 e. The number of methoxy groups -OCH3 is 1. The molecule has 0 aliphatic heterocycles. The number of ether oxygens (including phenoxy) is 1. The molecule has 148 valence electrons. The van der Waals surface area contributed by atoms with Crippen LogP contribution < -0.4 is 0 Å². The van der Waals surface area contributed by atoms with Gasteiger partial charge in [-0.2, -0.15) is 0 Å². The number of rotatable bonds is 9. The molecule has 0 aliphatic carbocycles. The van der Waals surface area contributed by atoms with Crippen molar-refractivity contribution in [2.75, 3.05) is 20.3 Å². The summed E-state index contributed by atoms with van der Waals surface area (Å²) in [5, 5.41) is 10.4. The normalized spacial score (nSPS) is 11.2. The number of hydrogen-bond acceptors (Lipinski definition) is 6. The van der Waals surface area contributed by atoms with E-state index >= 15 is 0 Å². The van der Waals surface area contributed by atoms with Gasteiger partial charge in [0.15, 0.2) is 0 Å². The van der Waals surface area contributed by atoms with E-state index in [-0.39, 0.29) is 0 Å². The van der Waals surface area contributed by atoms with Gasteiger partial charge in [-0.25, -0.2) is 0 Å². The monoisotopic (exact) mass is 405 g/mol. The quantitative estimate of drug-likeness (QED) is 0.387. The molecule has 0 radical (unpaired) electrons. The molecular formula is C23H23N3O2S. The number of benzene rings is 2. The molecule has 2 aromatic carbocycles. The van der Waals surface area contributed by atoms with E-state index < -0.39 is 0 Å². The van der Waals surface area contributed by atoms with Crippen LogP contribution in [0.3, 0.4) is 0 Å². The van der Waals surface area contributed by atoms with Crippen molar-refractivity contribution in [1.82, 2.24) is 15.1 Å². The molecule has 0 saturated heterocycles. The maximum Gasteiger partial charge on any atom is 0.257 e. The Kier molecular flexibility index (Phi) is 6.46. The van der Waals surface area contributed by atoms with Crippen LogP contribution in [-0.2, 0) is 17.8 Å². The van der Waals surface area contributed by atoms with Gasteiger partial charge in [-0.05, 0) is 28.1 Å². The molecule has 4 rings (SSSR count). The van der Waals surface area contributed by atoms with Gasteiger partial charge in [0, 0.05) is 20.2 Å². The van der Waals surface area contributed by atoms with E-state index in [9.17, 15) is 0 Å². The van der Waals surface area contributed by atoms with Gasteiger partial charge in [-0.3, -0.25) is 4.90 Å². The molecule has 5 nitrogen and oxygen atoms in total. The fourth-order valence-electron chi connectivity index (χ4n) is 3.13. The topological polar surface area (TPSA) is 51.4 Å². The first-order chi connectivity index (χ1) is 14.3. The maximum absolute atomic E-state index is 5.86. The number of hydrogen-bond donors (Lipinski definition) is 0. The Morgan fingerprint density at radius 3 is 2.41 bits per heavy atom. The van der Waals surface area contributed by atoms with Crippen LogP contribution in [0.1, 0.15) is 11.5 Å². The van der Waals surface area contributed by atoms with Crippen LogP contribution in [0.2, 0.25) is 0 Å². The lowest BCUT2D eigenvalue weighted by Crippen LogP contribution is -2.26. The van der Waals surface area contributed by atoms with Gasteiger partial charge in [0.05, 0.1) is 18.0 Å². The molecule has 0 aliphatic rings. The lowest BCUT2D eigenvalue weighted by Gasteiger charge is -2.20. The van der Waals surface area contributed by atoms with Gasteiger partial charge < -0.3 is 9.15 Å². The zero-order valence-corrected chi connectivity index (χ0v) is 17.1. The molecule has 0 amide bonds. The largest absolute Gasteiger partial charge is 0.419 e. The molecule has 0 unspecified atom stereocenters. The fraction of sp³-hybridized carbons (Fsp3) is 0.217. The first-order valence-corrected chi connectivity index (χ1v) is 10.4. The van der Waals surface area contributed by atoms with Crippen LogP contribution in [0.15, 0.2) is 76.5 Å². The van der Waals surface area contributed by atoms with Crippen molar-refractivity contribution in [3.63, 3.8) is 0 Å². The Morgan fingerprint density at radius 2 is 1.69 bits per heavy atom. The summed E-state index contributed by atoms with van der Waals surface area (Å²) in [7, 11) is 1.72. The summed E-state index contributed by atoms with van der Waals surface area (Å²) < 4.78 is 11.1. The Labute approximate surface area is 174 Å². The van der Waals surface area contributed by atoms with Crippen LogP contribution in [0.5, 0.6) is 0 Å². The van der Waals surface area contributed by atoms with Crippen LogP contribution in [0.4, 0.5) is 0 Å². The number of nitrogens with zero attached hydrogens (tertiary/aromatic N) is 3. The third kappa shape index (κ3) is 5.17. The molecule has 2 heterocycles. The number of aromatic nitrogens is 2. The van der Waals surface area contributed by atoms with Crippen molar-refractivity contribution in [2.45, 2.75) is 13.1 Å². The highest BCUT2D eigenvalue weighted by molar-refractivity contribution is 7.13. The maximum atomic E-state index is 5.86. The molecule has 0 bridgehead atoms. The van der Waals surface area contributed by atoms with E-state index in [0.29, 0.717) is 24.9 Å². The van der Waals surface area contributed by atoms with Crippen LogP contribution >= 0.6 is 11.3 Å². The van der Waals surface area contributed by atoms with Gasteiger partial charge >= 0.3 is 0 Å². The fourth-order valence-corrected chi connectivity index (χ4v) is 3.78. The standard InChI is InChI=1S/C23H23N3O2S/c1-27-14-13-26(17-22-24-25-23(28-22)21-8-5-15-29-21)16-18-9-11-20(12-10-18)19-6-3-2-4-7-19/h2-12,15H,13-14,16-17H2,1H3. The van der Waals surface area contributed by atoms with Gasteiger partial charge in [0.25, 0.3) is 5.89 Å². The van der Waals surface area contributed by atoms with Crippen LogP contribution in [-0.4, -0.2) is 35.4 Å².